The number of hydrogen-bond acceptors (Lipinski definition) is 6. The molecule has 0 saturated heterocycles. The van der Waals surface area contributed by atoms with Crippen LogP contribution < -0.4 is 10.1 Å². The van der Waals surface area contributed by atoms with Crippen LogP contribution in [0, 0.1) is 12.7 Å². The van der Waals surface area contributed by atoms with Crippen LogP contribution in [0.3, 0.4) is 0 Å². The van der Waals surface area contributed by atoms with Crippen molar-refractivity contribution in [1.29, 1.82) is 0 Å². The molecule has 0 amide bonds. The predicted molar refractivity (Wildman–Crippen MR) is 109 cm³/mol. The molecule has 1 aromatic carbocycles. The van der Waals surface area contributed by atoms with E-state index in [1.54, 1.807) is 6.07 Å². The summed E-state index contributed by atoms with van der Waals surface area (Å²) in [5, 5.41) is 25.7. The van der Waals surface area contributed by atoms with Gasteiger partial charge in [-0.25, -0.2) is 14.4 Å². The highest BCUT2D eigenvalue weighted by atomic mass is 19.1. The summed E-state index contributed by atoms with van der Waals surface area (Å²) in [4.78, 5) is 8.57. The molecule has 30 heavy (non-hydrogen) atoms. The summed E-state index contributed by atoms with van der Waals surface area (Å²) in [6, 6.07) is 4.52. The molecule has 2 aromatic heterocycles. The molecule has 1 aliphatic carbocycles. The summed E-state index contributed by atoms with van der Waals surface area (Å²) in [5.41, 5.74) is 3.03. The number of nitrogens with zero attached hydrogens (tertiary/aromatic N) is 3. The Labute approximate surface area is 173 Å². The van der Waals surface area contributed by atoms with Crippen molar-refractivity contribution < 1.29 is 19.3 Å². The second-order valence-electron chi connectivity index (χ2n) is 8.22. The highest BCUT2D eigenvalue weighted by Gasteiger charge is 2.45. The quantitative estimate of drug-likeness (QED) is 0.611. The zero-order chi connectivity index (χ0) is 21.0. The molecule has 0 unspecified atom stereocenters. The van der Waals surface area contributed by atoms with Crippen molar-refractivity contribution in [3.8, 4) is 5.75 Å². The Kier molecular flexibility index (Phi) is 4.72. The third-order valence-corrected chi connectivity index (χ3v) is 6.46. The lowest BCUT2D eigenvalue weighted by Crippen LogP contribution is -2.35. The first-order valence-electron chi connectivity index (χ1n) is 10.3. The van der Waals surface area contributed by atoms with E-state index >= 15 is 0 Å². The number of aromatic nitrogens is 3. The van der Waals surface area contributed by atoms with Gasteiger partial charge in [0, 0.05) is 29.6 Å². The SMILES string of the molecule is Cc1ncnc2c1ccn2[C@@H]1C[C@H](Oc2ccc(F)c3c2[C@H](C)NCC3)[C@@H](O)[C@H]1O. The van der Waals surface area contributed by atoms with Gasteiger partial charge in [-0.05, 0) is 50.6 Å². The monoisotopic (exact) mass is 412 g/mol. The van der Waals surface area contributed by atoms with E-state index in [1.165, 1.54) is 12.4 Å². The maximum Gasteiger partial charge on any atom is 0.143 e. The number of aryl methyl sites for hydroxylation is 1. The van der Waals surface area contributed by atoms with Crippen LogP contribution in [0.4, 0.5) is 4.39 Å². The van der Waals surface area contributed by atoms with Gasteiger partial charge >= 0.3 is 0 Å². The standard InChI is InChI=1S/C22H25FN4O3/c1-11-13-6-8-27(22(13)26-10-25-11)16-9-18(21(29)20(16)28)30-17-4-3-15(23)14-5-7-24-12(2)19(14)17/h3-4,6,8,10,12,16,18,20-21,24,28-29H,5,7,9H2,1-2H3/t12-,16+,18-,20-,21+/m0/s1. The van der Waals surface area contributed by atoms with Gasteiger partial charge in [-0.1, -0.05) is 0 Å². The summed E-state index contributed by atoms with van der Waals surface area (Å²) in [6.45, 7) is 4.59. The first-order chi connectivity index (χ1) is 14.5. The van der Waals surface area contributed by atoms with Gasteiger partial charge in [0.2, 0.25) is 0 Å². The van der Waals surface area contributed by atoms with Gasteiger partial charge in [-0.15, -0.1) is 0 Å². The molecule has 3 N–H and O–H groups in total. The molecule has 1 saturated carbocycles. The van der Waals surface area contributed by atoms with Crippen LogP contribution in [0.25, 0.3) is 11.0 Å². The van der Waals surface area contributed by atoms with Gasteiger partial charge in [-0.3, -0.25) is 0 Å². The van der Waals surface area contributed by atoms with Crippen LogP contribution in [-0.2, 0) is 6.42 Å². The summed E-state index contributed by atoms with van der Waals surface area (Å²) in [6.07, 6.45) is 1.67. The highest BCUT2D eigenvalue weighted by molar-refractivity contribution is 5.78. The normalized spacial score (nSPS) is 28.6. The fraction of sp³-hybridized carbons (Fsp3) is 0.455. The zero-order valence-corrected chi connectivity index (χ0v) is 16.9. The zero-order valence-electron chi connectivity index (χ0n) is 16.9. The minimum absolute atomic E-state index is 0.0493. The van der Waals surface area contributed by atoms with Crippen molar-refractivity contribution in [2.24, 2.45) is 0 Å². The van der Waals surface area contributed by atoms with Gasteiger partial charge < -0.3 is 24.8 Å². The largest absolute Gasteiger partial charge is 0.487 e. The molecule has 0 spiro atoms. The summed E-state index contributed by atoms with van der Waals surface area (Å²) in [5.74, 6) is 0.322. The van der Waals surface area contributed by atoms with Gasteiger partial charge in [0.25, 0.3) is 0 Å². The van der Waals surface area contributed by atoms with Crippen LogP contribution >= 0.6 is 0 Å². The van der Waals surface area contributed by atoms with E-state index in [-0.39, 0.29) is 17.9 Å². The van der Waals surface area contributed by atoms with Crippen molar-refractivity contribution >= 4 is 11.0 Å². The van der Waals surface area contributed by atoms with Crippen LogP contribution in [-0.4, -0.2) is 49.6 Å². The Bertz CT molecular complexity index is 1100. The Morgan fingerprint density at radius 2 is 2.03 bits per heavy atom. The summed E-state index contributed by atoms with van der Waals surface area (Å²) in [7, 11) is 0. The third kappa shape index (κ3) is 2.98. The number of fused-ring (bicyclic) bond motifs is 2. The Morgan fingerprint density at radius 1 is 1.20 bits per heavy atom. The van der Waals surface area contributed by atoms with Crippen molar-refractivity contribution in [3.05, 3.63) is 53.4 Å². The van der Waals surface area contributed by atoms with Crippen molar-refractivity contribution in [2.75, 3.05) is 6.54 Å². The number of halogens is 1. The smallest absolute Gasteiger partial charge is 0.143 e. The third-order valence-electron chi connectivity index (χ3n) is 6.46. The van der Waals surface area contributed by atoms with E-state index in [4.69, 9.17) is 4.74 Å². The lowest BCUT2D eigenvalue weighted by molar-refractivity contribution is -0.0167. The number of hydrogen-bond donors (Lipinski definition) is 3. The molecule has 1 aliphatic heterocycles. The molecule has 7 nitrogen and oxygen atoms in total. The van der Waals surface area contributed by atoms with E-state index < -0.39 is 18.3 Å². The van der Waals surface area contributed by atoms with E-state index in [1.807, 2.05) is 30.7 Å². The molecular weight excluding hydrogens is 387 g/mol. The second-order valence-corrected chi connectivity index (χ2v) is 8.22. The molecule has 3 heterocycles. The minimum Gasteiger partial charge on any atom is -0.487 e. The van der Waals surface area contributed by atoms with Crippen molar-refractivity contribution in [3.63, 3.8) is 0 Å². The fourth-order valence-electron chi connectivity index (χ4n) is 4.85. The Morgan fingerprint density at radius 3 is 2.87 bits per heavy atom. The van der Waals surface area contributed by atoms with Crippen LogP contribution in [0.2, 0.25) is 0 Å². The number of aliphatic hydroxyl groups excluding tert-OH is 2. The number of benzene rings is 1. The lowest BCUT2D eigenvalue weighted by Gasteiger charge is -2.28. The first-order valence-corrected chi connectivity index (χ1v) is 10.3. The van der Waals surface area contributed by atoms with E-state index in [0.29, 0.717) is 30.7 Å². The summed E-state index contributed by atoms with van der Waals surface area (Å²) >= 11 is 0. The number of nitrogens with one attached hydrogen (secondary N) is 1. The minimum atomic E-state index is -1.07. The van der Waals surface area contributed by atoms with Crippen molar-refractivity contribution in [1.82, 2.24) is 19.9 Å². The van der Waals surface area contributed by atoms with Crippen LogP contribution in [0.5, 0.6) is 5.75 Å². The highest BCUT2D eigenvalue weighted by Crippen LogP contribution is 2.39. The molecule has 5 atom stereocenters. The maximum atomic E-state index is 14.3. The van der Waals surface area contributed by atoms with Gasteiger partial charge in [0.05, 0.1) is 11.7 Å². The van der Waals surface area contributed by atoms with Crippen LogP contribution in [0.15, 0.2) is 30.7 Å². The van der Waals surface area contributed by atoms with Crippen molar-refractivity contribution in [2.45, 2.75) is 57.1 Å². The topological polar surface area (TPSA) is 92.4 Å². The van der Waals surface area contributed by atoms with E-state index in [9.17, 15) is 14.6 Å². The molecule has 0 radical (unpaired) electrons. The molecule has 1 fully saturated rings. The molecule has 3 aromatic rings. The molecule has 2 aliphatic rings. The van der Waals surface area contributed by atoms with E-state index in [2.05, 4.69) is 15.3 Å². The van der Waals surface area contributed by atoms with Gasteiger partial charge in [0.15, 0.2) is 0 Å². The molecule has 8 heteroatoms. The van der Waals surface area contributed by atoms with Crippen LogP contribution in [0.1, 0.15) is 42.2 Å². The number of ether oxygens (including phenoxy) is 1. The van der Waals surface area contributed by atoms with Gasteiger partial charge in [0.1, 0.15) is 41.9 Å². The lowest BCUT2D eigenvalue weighted by atomic mass is 9.93. The Balaban J connectivity index is 1.46. The summed E-state index contributed by atoms with van der Waals surface area (Å²) < 4.78 is 22.4. The van der Waals surface area contributed by atoms with E-state index in [0.717, 1.165) is 22.3 Å². The average molecular weight is 412 g/mol. The fourth-order valence-corrected chi connectivity index (χ4v) is 4.85. The first kappa shape index (κ1) is 19.4. The predicted octanol–water partition coefficient (Wildman–Crippen LogP) is 2.20. The molecule has 0 bridgehead atoms. The number of rotatable bonds is 3. The molecule has 5 rings (SSSR count). The molecule has 158 valence electrons. The second kappa shape index (κ2) is 7.30. The number of aliphatic hydroxyl groups is 2. The molecular formula is C22H25FN4O3. The Hall–Kier alpha value is -2.55. The maximum absolute atomic E-state index is 14.3. The average Bonchev–Trinajstić information content (AvgIpc) is 3.28. The van der Waals surface area contributed by atoms with Gasteiger partial charge in [-0.2, -0.15) is 0 Å².